The predicted octanol–water partition coefficient (Wildman–Crippen LogP) is 0.266. The van der Waals surface area contributed by atoms with Crippen LogP contribution in [0.15, 0.2) is 29.2 Å². The van der Waals surface area contributed by atoms with Gasteiger partial charge in [-0.15, -0.1) is 0 Å². The lowest BCUT2D eigenvalue weighted by atomic mass is 10.2. The van der Waals surface area contributed by atoms with Crippen molar-refractivity contribution in [3.8, 4) is 0 Å². The van der Waals surface area contributed by atoms with Crippen LogP contribution in [0, 0.1) is 6.92 Å². The summed E-state index contributed by atoms with van der Waals surface area (Å²) in [5.74, 6) is 0. The summed E-state index contributed by atoms with van der Waals surface area (Å²) in [6, 6.07) is 5.27. The first-order chi connectivity index (χ1) is 6.73. The van der Waals surface area contributed by atoms with Crippen molar-refractivity contribution in [2.75, 3.05) is 0 Å². The van der Waals surface area contributed by atoms with E-state index in [1.165, 1.54) is 12.1 Å². The molecule has 0 aliphatic rings. The van der Waals surface area contributed by atoms with Crippen molar-refractivity contribution >= 4 is 16.1 Å². The van der Waals surface area contributed by atoms with Crippen LogP contribution in [-0.4, -0.2) is 19.0 Å². The highest BCUT2D eigenvalue weighted by molar-refractivity contribution is 7.85. The minimum Gasteiger partial charge on any atom is -0.352 e. The van der Waals surface area contributed by atoms with Crippen LogP contribution in [-0.2, 0) is 10.1 Å². The molecule has 0 fully saturated rings. The first-order valence-electron chi connectivity index (χ1n) is 3.82. The summed E-state index contributed by atoms with van der Waals surface area (Å²) in [5, 5.41) is 0. The third-order valence-electron chi connectivity index (χ3n) is 1.29. The Morgan fingerprint density at radius 2 is 1.80 bits per heavy atom. The molecule has 0 aliphatic heterocycles. The molecule has 1 aromatic carbocycles. The van der Waals surface area contributed by atoms with E-state index < -0.39 is 16.1 Å². The number of nitrogens with two attached hydrogens (primary N) is 2. The monoisotopic (exact) mass is 232 g/mol. The summed E-state index contributed by atoms with van der Waals surface area (Å²) in [7, 11) is -4.03. The summed E-state index contributed by atoms with van der Waals surface area (Å²) < 4.78 is 29.7. The lowest BCUT2D eigenvalue weighted by Gasteiger charge is -1.96. The van der Waals surface area contributed by atoms with E-state index in [0.29, 0.717) is 0 Å². The summed E-state index contributed by atoms with van der Waals surface area (Å²) in [4.78, 5) is 8.94. The second-order valence-electron chi connectivity index (χ2n) is 2.69. The molecule has 6 nitrogen and oxygen atoms in total. The van der Waals surface area contributed by atoms with Crippen molar-refractivity contribution in [3.63, 3.8) is 0 Å². The Kier molecular flexibility index (Phi) is 4.75. The molecule has 2 amide bonds. The smallest absolute Gasteiger partial charge is 0.309 e. The maximum atomic E-state index is 10.5. The molecule has 0 aliphatic carbocycles. The third-order valence-corrected chi connectivity index (χ3v) is 2.14. The van der Waals surface area contributed by atoms with Crippen LogP contribution in [0.25, 0.3) is 0 Å². The van der Waals surface area contributed by atoms with E-state index in [4.69, 9.17) is 9.35 Å². The van der Waals surface area contributed by atoms with E-state index in [9.17, 15) is 8.42 Å². The van der Waals surface area contributed by atoms with E-state index in [1.807, 2.05) is 0 Å². The Morgan fingerprint density at radius 3 is 2.07 bits per heavy atom. The van der Waals surface area contributed by atoms with Crippen molar-refractivity contribution in [2.45, 2.75) is 11.8 Å². The number of amides is 2. The lowest BCUT2D eigenvalue weighted by molar-refractivity contribution is 0.256. The molecule has 0 saturated heterocycles. The van der Waals surface area contributed by atoms with E-state index in [-0.39, 0.29) is 4.90 Å². The summed E-state index contributed by atoms with van der Waals surface area (Å²) in [6.07, 6.45) is 0. The Morgan fingerprint density at radius 1 is 1.33 bits per heavy atom. The van der Waals surface area contributed by atoms with Crippen LogP contribution in [0.5, 0.6) is 0 Å². The summed E-state index contributed by atoms with van der Waals surface area (Å²) >= 11 is 0. The highest BCUT2D eigenvalue weighted by Crippen LogP contribution is 2.09. The molecular weight excluding hydrogens is 220 g/mol. The number of carbonyl (C=O) groups is 1. The van der Waals surface area contributed by atoms with Gasteiger partial charge in [-0.3, -0.25) is 4.55 Å². The van der Waals surface area contributed by atoms with Gasteiger partial charge in [-0.05, 0) is 24.6 Å². The van der Waals surface area contributed by atoms with Crippen molar-refractivity contribution in [1.82, 2.24) is 0 Å². The Bertz CT molecular complexity index is 438. The molecule has 1 aromatic rings. The van der Waals surface area contributed by atoms with Gasteiger partial charge >= 0.3 is 6.03 Å². The summed E-state index contributed by atoms with van der Waals surface area (Å²) in [6.45, 7) is 1.76. The molecular formula is C8H12N2O4S. The van der Waals surface area contributed by atoms with Crippen molar-refractivity contribution in [1.29, 1.82) is 0 Å². The fourth-order valence-electron chi connectivity index (χ4n) is 0.776. The number of carbonyl (C=O) groups excluding carboxylic acids is 1. The van der Waals surface area contributed by atoms with Gasteiger partial charge in [0.2, 0.25) is 0 Å². The molecule has 0 heterocycles. The molecule has 7 heteroatoms. The topological polar surface area (TPSA) is 123 Å². The fraction of sp³-hybridized carbons (Fsp3) is 0.125. The average molecular weight is 232 g/mol. The SMILES string of the molecule is Cc1cccc(S(=O)(=O)O)c1.NC(N)=O. The number of hydrogen-bond donors (Lipinski definition) is 3. The normalized spacial score (nSPS) is 10.0. The van der Waals surface area contributed by atoms with Crippen LogP contribution in [0.2, 0.25) is 0 Å². The first kappa shape index (κ1) is 13.4. The predicted molar refractivity (Wildman–Crippen MR) is 54.8 cm³/mol. The van der Waals surface area contributed by atoms with Gasteiger partial charge in [0.05, 0.1) is 4.90 Å². The van der Waals surface area contributed by atoms with E-state index in [1.54, 1.807) is 19.1 Å². The average Bonchev–Trinajstić information content (AvgIpc) is 2.01. The van der Waals surface area contributed by atoms with Gasteiger partial charge in [0.1, 0.15) is 0 Å². The lowest BCUT2D eigenvalue weighted by Crippen LogP contribution is -2.18. The number of urea groups is 1. The van der Waals surface area contributed by atoms with Gasteiger partial charge in [0, 0.05) is 0 Å². The maximum absolute atomic E-state index is 10.5. The van der Waals surface area contributed by atoms with Crippen LogP contribution in [0.4, 0.5) is 4.79 Å². The molecule has 0 aromatic heterocycles. The molecule has 0 unspecified atom stereocenters. The van der Waals surface area contributed by atoms with Gasteiger partial charge in [0.15, 0.2) is 0 Å². The maximum Gasteiger partial charge on any atom is 0.309 e. The summed E-state index contributed by atoms with van der Waals surface area (Å²) in [5.41, 5.74) is 9.31. The number of benzene rings is 1. The standard InChI is InChI=1S/C7H8O3S.CH4N2O/c1-6-3-2-4-7(5-6)11(8,9)10;2-1(3)4/h2-5H,1H3,(H,8,9,10);(H4,2,3,4). The quantitative estimate of drug-likeness (QED) is 0.601. The van der Waals surface area contributed by atoms with Gasteiger partial charge in [-0.25, -0.2) is 4.79 Å². The fourth-order valence-corrected chi connectivity index (χ4v) is 1.36. The van der Waals surface area contributed by atoms with Crippen LogP contribution < -0.4 is 11.5 Å². The van der Waals surface area contributed by atoms with Gasteiger partial charge < -0.3 is 11.5 Å². The van der Waals surface area contributed by atoms with Crippen molar-refractivity contribution < 1.29 is 17.8 Å². The van der Waals surface area contributed by atoms with Crippen molar-refractivity contribution in [2.24, 2.45) is 11.5 Å². The third kappa shape index (κ3) is 6.47. The number of aryl methyl sites for hydroxylation is 1. The van der Waals surface area contributed by atoms with Gasteiger partial charge in [0.25, 0.3) is 10.1 Å². The molecule has 1 rings (SSSR count). The zero-order valence-electron chi connectivity index (χ0n) is 8.04. The van der Waals surface area contributed by atoms with E-state index in [0.717, 1.165) is 5.56 Å². The van der Waals surface area contributed by atoms with Crippen LogP contribution >= 0.6 is 0 Å². The molecule has 15 heavy (non-hydrogen) atoms. The molecule has 5 N–H and O–H groups in total. The highest BCUT2D eigenvalue weighted by Gasteiger charge is 2.07. The molecule has 0 spiro atoms. The number of primary amides is 2. The largest absolute Gasteiger partial charge is 0.352 e. The molecule has 0 saturated carbocycles. The zero-order valence-corrected chi connectivity index (χ0v) is 8.86. The van der Waals surface area contributed by atoms with E-state index >= 15 is 0 Å². The Hall–Kier alpha value is -1.60. The van der Waals surface area contributed by atoms with Crippen LogP contribution in [0.1, 0.15) is 5.56 Å². The Balaban J connectivity index is 0.000000423. The molecule has 0 radical (unpaired) electrons. The molecule has 0 bridgehead atoms. The van der Waals surface area contributed by atoms with Crippen LogP contribution in [0.3, 0.4) is 0 Å². The molecule has 0 atom stereocenters. The number of hydrogen-bond acceptors (Lipinski definition) is 3. The first-order valence-corrected chi connectivity index (χ1v) is 5.26. The highest BCUT2D eigenvalue weighted by atomic mass is 32.2. The molecule has 84 valence electrons. The van der Waals surface area contributed by atoms with E-state index in [2.05, 4.69) is 11.5 Å². The second kappa shape index (κ2) is 5.32. The Labute approximate surface area is 87.6 Å². The minimum atomic E-state index is -4.03. The minimum absolute atomic E-state index is 0.0579. The second-order valence-corrected chi connectivity index (χ2v) is 4.12. The zero-order chi connectivity index (χ0) is 12.1. The van der Waals surface area contributed by atoms with Gasteiger partial charge in [-0.1, -0.05) is 12.1 Å². The number of rotatable bonds is 1. The van der Waals surface area contributed by atoms with Gasteiger partial charge in [-0.2, -0.15) is 8.42 Å². The van der Waals surface area contributed by atoms with Crippen molar-refractivity contribution in [3.05, 3.63) is 29.8 Å².